The first-order chi connectivity index (χ1) is 3.81. The van der Waals surface area contributed by atoms with E-state index in [1.54, 1.807) is 0 Å². The molecule has 0 amide bonds. The summed E-state index contributed by atoms with van der Waals surface area (Å²) < 4.78 is 10.4. The van der Waals surface area contributed by atoms with Crippen molar-refractivity contribution >= 4 is 7.37 Å². The van der Waals surface area contributed by atoms with Gasteiger partial charge in [-0.2, -0.15) is 5.26 Å². The minimum absolute atomic E-state index is 0. The van der Waals surface area contributed by atoms with Crippen LogP contribution in [0.4, 0.5) is 0 Å². The third kappa shape index (κ3) is 3.16. The van der Waals surface area contributed by atoms with E-state index in [1.807, 2.05) is 0 Å². The molecule has 0 aliphatic heterocycles. The van der Waals surface area contributed by atoms with Crippen LogP contribution in [0.25, 0.3) is 0 Å². The second kappa shape index (κ2) is 3.87. The molecule has 1 N–H and O–H groups in total. The largest absolute Gasteiger partial charge is 1.00 e. The molecule has 0 aliphatic carbocycles. The van der Waals surface area contributed by atoms with Crippen molar-refractivity contribution in [2.45, 2.75) is 12.3 Å². The van der Waals surface area contributed by atoms with Crippen molar-refractivity contribution in [2.75, 3.05) is 6.66 Å². The third-order valence-corrected chi connectivity index (χ3v) is 2.68. The molecule has 0 radical (unpaired) electrons. The average molecular weight is 171 g/mol. The van der Waals surface area contributed by atoms with E-state index in [0.29, 0.717) is 0 Å². The Kier molecular flexibility index (Phi) is 5.12. The van der Waals surface area contributed by atoms with E-state index in [0.717, 1.165) is 13.6 Å². The Balaban J connectivity index is 0. The molecule has 2 unspecified atom stereocenters. The van der Waals surface area contributed by atoms with Crippen molar-refractivity contribution in [1.29, 1.82) is 5.26 Å². The van der Waals surface area contributed by atoms with Gasteiger partial charge in [-0.3, -0.25) is 0 Å². The van der Waals surface area contributed by atoms with Crippen LogP contribution < -0.4 is 34.5 Å². The second-order valence-electron chi connectivity index (χ2n) is 1.98. The molecule has 0 aromatic rings. The van der Waals surface area contributed by atoms with Gasteiger partial charge >= 0.3 is 29.6 Å². The minimum atomic E-state index is -3.92. The Morgan fingerprint density at radius 3 is 2.10 bits per heavy atom. The molecule has 2 atom stereocenters. The fourth-order valence-corrected chi connectivity index (χ4v) is 0.272. The Bertz CT molecular complexity index is 191. The van der Waals surface area contributed by atoms with Crippen LogP contribution in [0.3, 0.4) is 0 Å². The molecule has 10 heavy (non-hydrogen) atoms. The summed E-state index contributed by atoms with van der Waals surface area (Å²) in [5.74, 6) is 0. The summed E-state index contributed by atoms with van der Waals surface area (Å²) >= 11 is 0. The zero-order valence-electron chi connectivity index (χ0n) is 6.16. The van der Waals surface area contributed by atoms with Gasteiger partial charge in [-0.25, -0.2) is 0 Å². The van der Waals surface area contributed by atoms with E-state index in [2.05, 4.69) is 0 Å². The SMILES string of the molecule is CC(O)(C#N)P(C)(=O)[O-].[Na+]. The fourth-order valence-electron chi connectivity index (χ4n) is 0.0908. The maximum atomic E-state index is 10.4. The van der Waals surface area contributed by atoms with Gasteiger partial charge in [0.15, 0.2) is 5.34 Å². The fraction of sp³-hybridized carbons (Fsp3) is 0.750. The molecule has 0 spiro atoms. The van der Waals surface area contributed by atoms with Crippen LogP contribution in [0.5, 0.6) is 0 Å². The van der Waals surface area contributed by atoms with Crippen molar-refractivity contribution in [3.63, 3.8) is 0 Å². The van der Waals surface area contributed by atoms with Crippen LogP contribution in [0, 0.1) is 11.3 Å². The number of nitriles is 1. The molecular formula is C4H7NNaO3P. The maximum absolute atomic E-state index is 10.4. The average Bonchev–Trinajstić information content (AvgIpc) is 1.64. The quantitative estimate of drug-likeness (QED) is 0.252. The van der Waals surface area contributed by atoms with Gasteiger partial charge in [0, 0.05) is 0 Å². The molecule has 6 heteroatoms. The second-order valence-corrected chi connectivity index (χ2v) is 4.54. The number of rotatable bonds is 1. The number of hydrogen-bond acceptors (Lipinski definition) is 4. The molecule has 0 bridgehead atoms. The predicted octanol–water partition coefficient (Wildman–Crippen LogP) is -3.51. The van der Waals surface area contributed by atoms with Crippen molar-refractivity contribution in [3.05, 3.63) is 0 Å². The first-order valence-corrected chi connectivity index (χ1v) is 4.31. The van der Waals surface area contributed by atoms with Crippen LogP contribution in [0.1, 0.15) is 6.92 Å². The topological polar surface area (TPSA) is 84.1 Å². The van der Waals surface area contributed by atoms with E-state index < -0.39 is 12.7 Å². The molecule has 0 aliphatic rings. The van der Waals surface area contributed by atoms with E-state index >= 15 is 0 Å². The normalized spacial score (nSPS) is 21.1. The van der Waals surface area contributed by atoms with Gasteiger partial charge in [-0.15, -0.1) is 0 Å². The van der Waals surface area contributed by atoms with Crippen molar-refractivity contribution in [1.82, 2.24) is 0 Å². The first-order valence-electron chi connectivity index (χ1n) is 2.23. The molecule has 0 aromatic carbocycles. The monoisotopic (exact) mass is 171 g/mol. The van der Waals surface area contributed by atoms with Gasteiger partial charge in [-0.05, 0) is 13.6 Å². The van der Waals surface area contributed by atoms with Gasteiger partial charge in [0.2, 0.25) is 0 Å². The number of hydrogen-bond donors (Lipinski definition) is 1. The Hall–Kier alpha value is 0.640. The van der Waals surface area contributed by atoms with Gasteiger partial charge in [0.05, 0.1) is 7.37 Å². The molecule has 0 heterocycles. The zero-order valence-corrected chi connectivity index (χ0v) is 9.05. The summed E-state index contributed by atoms with van der Waals surface area (Å²) in [6, 6.07) is 1.26. The summed E-state index contributed by atoms with van der Waals surface area (Å²) in [5, 5.41) is 14.6. The molecule has 0 rings (SSSR count). The van der Waals surface area contributed by atoms with E-state index in [1.165, 1.54) is 6.07 Å². The summed E-state index contributed by atoms with van der Waals surface area (Å²) in [5.41, 5.74) is 0. The van der Waals surface area contributed by atoms with Gasteiger partial charge < -0.3 is 14.6 Å². The molecule has 0 aromatic heterocycles. The summed E-state index contributed by atoms with van der Waals surface area (Å²) in [7, 11) is -3.92. The zero-order chi connectivity index (χ0) is 7.71. The number of aliphatic hydroxyl groups is 1. The van der Waals surface area contributed by atoms with Crippen LogP contribution >= 0.6 is 7.37 Å². The first kappa shape index (κ1) is 13.2. The van der Waals surface area contributed by atoms with Crippen molar-refractivity contribution in [3.8, 4) is 6.07 Å². The summed E-state index contributed by atoms with van der Waals surface area (Å²) in [6.07, 6.45) is 0. The summed E-state index contributed by atoms with van der Waals surface area (Å²) in [4.78, 5) is 10.4. The van der Waals surface area contributed by atoms with E-state index in [9.17, 15) is 9.46 Å². The maximum Gasteiger partial charge on any atom is 1.00 e. The molecule has 4 nitrogen and oxygen atoms in total. The minimum Gasteiger partial charge on any atom is -0.797 e. The molecule has 0 saturated heterocycles. The smallest absolute Gasteiger partial charge is 0.797 e. The van der Waals surface area contributed by atoms with Crippen LogP contribution in [-0.4, -0.2) is 17.1 Å². The number of nitrogens with zero attached hydrogens (tertiary/aromatic N) is 1. The molecule has 52 valence electrons. The van der Waals surface area contributed by atoms with E-state index in [4.69, 9.17) is 10.4 Å². The van der Waals surface area contributed by atoms with Crippen LogP contribution in [0.2, 0.25) is 0 Å². The molecule has 0 saturated carbocycles. The van der Waals surface area contributed by atoms with Gasteiger partial charge in [0.1, 0.15) is 6.07 Å². The Labute approximate surface area is 81.6 Å². The van der Waals surface area contributed by atoms with E-state index in [-0.39, 0.29) is 29.6 Å². The van der Waals surface area contributed by atoms with Crippen LogP contribution in [0.15, 0.2) is 0 Å². The Morgan fingerprint density at radius 1 is 1.80 bits per heavy atom. The van der Waals surface area contributed by atoms with Crippen LogP contribution in [-0.2, 0) is 4.57 Å². The molecular weight excluding hydrogens is 164 g/mol. The summed E-state index contributed by atoms with van der Waals surface area (Å²) in [6.45, 7) is 1.77. The van der Waals surface area contributed by atoms with Crippen molar-refractivity contribution in [2.24, 2.45) is 0 Å². The predicted molar refractivity (Wildman–Crippen MR) is 29.8 cm³/mol. The van der Waals surface area contributed by atoms with Gasteiger partial charge in [0.25, 0.3) is 0 Å². The molecule has 0 fully saturated rings. The standard InChI is InChI=1S/C4H8NO3P.Na/c1-4(6,3-5)9(2,7)8;/h6H,1-2H3,(H,7,8);/q;+1/p-1. The third-order valence-electron chi connectivity index (χ3n) is 1.00. The van der Waals surface area contributed by atoms with Gasteiger partial charge in [-0.1, -0.05) is 0 Å². The van der Waals surface area contributed by atoms with Crippen molar-refractivity contribution < 1.29 is 44.1 Å². The Morgan fingerprint density at radius 2 is 2.10 bits per heavy atom.